The summed E-state index contributed by atoms with van der Waals surface area (Å²) >= 11 is 11.6. The predicted octanol–water partition coefficient (Wildman–Crippen LogP) is 1.20. The lowest BCUT2D eigenvalue weighted by molar-refractivity contribution is -0.140. The third-order valence-corrected chi connectivity index (χ3v) is 5.59. The van der Waals surface area contributed by atoms with Gasteiger partial charge >= 0.3 is 5.97 Å². The minimum atomic E-state index is -4.14. The summed E-state index contributed by atoms with van der Waals surface area (Å²) < 4.78 is 25.7. The molecule has 1 aliphatic rings. The van der Waals surface area contributed by atoms with Gasteiger partial charge in [-0.05, 0) is 18.2 Å². The van der Waals surface area contributed by atoms with Crippen LogP contribution in [-0.4, -0.2) is 47.6 Å². The Morgan fingerprint density at radius 2 is 2.00 bits per heavy atom. The van der Waals surface area contributed by atoms with Gasteiger partial charge in [-0.15, -0.1) is 0 Å². The molecule has 1 fully saturated rings. The zero-order chi connectivity index (χ0) is 15.1. The highest BCUT2D eigenvalue weighted by atomic mass is 35.5. The molecule has 1 heterocycles. The molecule has 1 unspecified atom stereocenters. The zero-order valence-corrected chi connectivity index (χ0v) is 12.4. The van der Waals surface area contributed by atoms with E-state index in [-0.39, 0.29) is 27.9 Å². The lowest BCUT2D eigenvalue weighted by atomic mass is 10.2. The van der Waals surface area contributed by atoms with E-state index in [1.165, 1.54) is 12.1 Å². The average molecular weight is 340 g/mol. The highest BCUT2D eigenvalue weighted by molar-refractivity contribution is 7.89. The first kappa shape index (κ1) is 15.5. The number of benzene rings is 1. The van der Waals surface area contributed by atoms with Crippen molar-refractivity contribution in [2.45, 2.75) is 23.5 Å². The maximum absolute atomic E-state index is 12.5. The van der Waals surface area contributed by atoms with Crippen molar-refractivity contribution >= 4 is 39.2 Å². The van der Waals surface area contributed by atoms with Gasteiger partial charge in [0.1, 0.15) is 10.9 Å². The number of carboxylic acids is 1. The van der Waals surface area contributed by atoms with Gasteiger partial charge in [-0.3, -0.25) is 4.79 Å². The predicted molar refractivity (Wildman–Crippen MR) is 72.4 cm³/mol. The molecular formula is C11H11Cl2NO5S. The van der Waals surface area contributed by atoms with E-state index in [0.717, 1.165) is 10.4 Å². The van der Waals surface area contributed by atoms with Crippen LogP contribution in [0, 0.1) is 0 Å². The number of aliphatic carboxylic acids is 1. The number of halogens is 2. The summed E-state index contributed by atoms with van der Waals surface area (Å²) in [5.74, 6) is -1.32. The monoisotopic (exact) mass is 339 g/mol. The number of rotatable bonds is 3. The number of aliphatic hydroxyl groups is 1. The van der Waals surface area contributed by atoms with Crippen LogP contribution in [0.15, 0.2) is 23.1 Å². The topological polar surface area (TPSA) is 94.9 Å². The Bertz CT molecular complexity index is 648. The van der Waals surface area contributed by atoms with Crippen molar-refractivity contribution in [2.75, 3.05) is 6.54 Å². The van der Waals surface area contributed by atoms with E-state index in [9.17, 15) is 18.3 Å². The van der Waals surface area contributed by atoms with Crippen molar-refractivity contribution in [3.63, 3.8) is 0 Å². The fourth-order valence-corrected chi connectivity index (χ4v) is 4.45. The normalized spacial score (nSPS) is 23.9. The van der Waals surface area contributed by atoms with E-state index in [1.54, 1.807) is 0 Å². The highest BCUT2D eigenvalue weighted by Gasteiger charge is 2.44. The molecule has 0 radical (unpaired) electrons. The summed E-state index contributed by atoms with van der Waals surface area (Å²) in [5, 5.41) is 18.7. The number of sulfonamides is 1. The number of nitrogens with zero attached hydrogens (tertiary/aromatic N) is 1. The van der Waals surface area contributed by atoms with E-state index in [1.807, 2.05) is 0 Å². The van der Waals surface area contributed by atoms with Crippen LogP contribution in [-0.2, 0) is 14.8 Å². The van der Waals surface area contributed by atoms with Crippen molar-refractivity contribution < 1.29 is 23.4 Å². The second-order valence-electron chi connectivity index (χ2n) is 4.39. The van der Waals surface area contributed by atoms with Gasteiger partial charge < -0.3 is 10.2 Å². The third-order valence-electron chi connectivity index (χ3n) is 3.00. The largest absolute Gasteiger partial charge is 0.480 e. The van der Waals surface area contributed by atoms with E-state index >= 15 is 0 Å². The third kappa shape index (κ3) is 2.77. The molecule has 1 saturated heterocycles. The number of carbonyl (C=O) groups is 1. The molecule has 1 aliphatic heterocycles. The Hall–Kier alpha value is -0.860. The van der Waals surface area contributed by atoms with Crippen molar-refractivity contribution in [1.29, 1.82) is 0 Å². The average Bonchev–Trinajstić information content (AvgIpc) is 2.75. The molecule has 6 nitrogen and oxygen atoms in total. The minimum Gasteiger partial charge on any atom is -0.480 e. The lowest BCUT2D eigenvalue weighted by Gasteiger charge is -2.21. The molecule has 20 heavy (non-hydrogen) atoms. The van der Waals surface area contributed by atoms with Crippen molar-refractivity contribution in [1.82, 2.24) is 4.31 Å². The van der Waals surface area contributed by atoms with Gasteiger partial charge in [-0.1, -0.05) is 23.2 Å². The molecule has 2 rings (SSSR count). The van der Waals surface area contributed by atoms with Crippen molar-refractivity contribution in [2.24, 2.45) is 0 Å². The second-order valence-corrected chi connectivity index (χ2v) is 7.10. The highest BCUT2D eigenvalue weighted by Crippen LogP contribution is 2.32. The molecule has 0 amide bonds. The lowest BCUT2D eigenvalue weighted by Crippen LogP contribution is -2.40. The number of hydrogen-bond donors (Lipinski definition) is 2. The molecule has 110 valence electrons. The Morgan fingerprint density at radius 1 is 1.35 bits per heavy atom. The molecule has 0 saturated carbocycles. The van der Waals surface area contributed by atoms with Crippen LogP contribution in [0.5, 0.6) is 0 Å². The van der Waals surface area contributed by atoms with Crippen LogP contribution in [0.25, 0.3) is 0 Å². The van der Waals surface area contributed by atoms with Crippen LogP contribution in [0.1, 0.15) is 6.42 Å². The number of carboxylic acid groups (broad SMARTS) is 1. The fourth-order valence-electron chi connectivity index (χ4n) is 2.08. The summed E-state index contributed by atoms with van der Waals surface area (Å²) in [6.45, 7) is -0.290. The SMILES string of the molecule is O=C(O)[C@@H]1CC(O)CN1S(=O)(=O)c1cc(Cl)ccc1Cl. The van der Waals surface area contributed by atoms with E-state index in [4.69, 9.17) is 28.3 Å². The summed E-state index contributed by atoms with van der Waals surface area (Å²) in [6.07, 6.45) is -1.18. The first-order valence-electron chi connectivity index (χ1n) is 5.61. The summed E-state index contributed by atoms with van der Waals surface area (Å²) in [6, 6.07) is 2.59. The molecule has 0 aliphatic carbocycles. The zero-order valence-electron chi connectivity index (χ0n) is 10.0. The van der Waals surface area contributed by atoms with Crippen molar-refractivity contribution in [3.05, 3.63) is 28.2 Å². The minimum absolute atomic E-state index is 0.0556. The Morgan fingerprint density at radius 3 is 2.60 bits per heavy atom. The first-order chi connectivity index (χ1) is 9.23. The molecular weight excluding hydrogens is 329 g/mol. The fraction of sp³-hybridized carbons (Fsp3) is 0.364. The molecule has 9 heteroatoms. The molecule has 0 aromatic heterocycles. The Kier molecular flexibility index (Phi) is 4.27. The molecule has 1 aromatic carbocycles. The smallest absolute Gasteiger partial charge is 0.322 e. The summed E-state index contributed by atoms with van der Waals surface area (Å²) in [7, 11) is -4.14. The van der Waals surface area contributed by atoms with Gasteiger partial charge in [0.25, 0.3) is 0 Å². The van der Waals surface area contributed by atoms with Gasteiger partial charge in [0.15, 0.2) is 0 Å². The van der Waals surface area contributed by atoms with Crippen LogP contribution >= 0.6 is 23.2 Å². The van der Waals surface area contributed by atoms with Gasteiger partial charge in [-0.25, -0.2) is 8.42 Å². The van der Waals surface area contributed by atoms with E-state index in [0.29, 0.717) is 0 Å². The molecule has 2 atom stereocenters. The van der Waals surface area contributed by atoms with Crippen LogP contribution in [0.2, 0.25) is 10.0 Å². The molecule has 2 N–H and O–H groups in total. The van der Waals surface area contributed by atoms with Crippen LogP contribution in [0.3, 0.4) is 0 Å². The van der Waals surface area contributed by atoms with Crippen LogP contribution < -0.4 is 0 Å². The Labute approximate surface area is 125 Å². The first-order valence-corrected chi connectivity index (χ1v) is 7.81. The van der Waals surface area contributed by atoms with Crippen molar-refractivity contribution in [3.8, 4) is 0 Å². The molecule has 0 spiro atoms. The van der Waals surface area contributed by atoms with Gasteiger partial charge in [0.2, 0.25) is 10.0 Å². The number of β-amino-alcohol motifs (C(OH)–C–C–N with tert-alkyl or cyclic N) is 1. The number of aliphatic hydroxyl groups excluding tert-OH is 1. The molecule has 0 bridgehead atoms. The van der Waals surface area contributed by atoms with Gasteiger partial charge in [-0.2, -0.15) is 4.31 Å². The molecule has 1 aromatic rings. The maximum atomic E-state index is 12.5. The summed E-state index contributed by atoms with van der Waals surface area (Å²) in [5.41, 5.74) is 0. The Balaban J connectivity index is 2.49. The standard InChI is InChI=1S/C11H11Cl2NO5S/c12-6-1-2-8(13)10(3-6)20(18,19)14-5-7(15)4-9(14)11(16)17/h1-3,7,9,15H,4-5H2,(H,16,17)/t7?,9-/m0/s1. The van der Waals surface area contributed by atoms with Gasteiger partial charge in [0, 0.05) is 18.0 Å². The number of hydrogen-bond acceptors (Lipinski definition) is 4. The van der Waals surface area contributed by atoms with Crippen LogP contribution in [0.4, 0.5) is 0 Å². The quantitative estimate of drug-likeness (QED) is 0.862. The van der Waals surface area contributed by atoms with Gasteiger partial charge in [0.05, 0.1) is 11.1 Å². The maximum Gasteiger partial charge on any atom is 0.322 e. The summed E-state index contributed by atoms with van der Waals surface area (Å²) in [4.78, 5) is 10.8. The van der Waals surface area contributed by atoms with E-state index in [2.05, 4.69) is 0 Å². The van der Waals surface area contributed by atoms with E-state index < -0.39 is 28.1 Å². The second kappa shape index (κ2) is 5.50.